The van der Waals surface area contributed by atoms with Crippen LogP contribution in [-0.4, -0.2) is 42.6 Å². The zero-order chi connectivity index (χ0) is 18.4. The minimum atomic E-state index is 0.820. The average molecular weight is 397 g/mol. The van der Waals surface area contributed by atoms with E-state index in [1.54, 1.807) is 23.1 Å². The van der Waals surface area contributed by atoms with Crippen molar-refractivity contribution in [3.63, 3.8) is 0 Å². The lowest BCUT2D eigenvalue weighted by Crippen LogP contribution is -2.20. The first kappa shape index (κ1) is 17.1. The molecule has 138 valence electrons. The van der Waals surface area contributed by atoms with Crippen LogP contribution in [0.5, 0.6) is 0 Å². The summed E-state index contributed by atoms with van der Waals surface area (Å²) in [5.74, 6) is 0.905. The van der Waals surface area contributed by atoms with Gasteiger partial charge in [-0.25, -0.2) is 9.97 Å². The molecule has 4 aromatic rings. The van der Waals surface area contributed by atoms with Crippen LogP contribution in [0.2, 0.25) is 0 Å². The van der Waals surface area contributed by atoms with Crippen molar-refractivity contribution in [3.8, 4) is 0 Å². The third-order valence-electron chi connectivity index (χ3n) is 5.08. The molecule has 0 unspecified atom stereocenters. The van der Waals surface area contributed by atoms with E-state index < -0.39 is 0 Å². The molecular formula is C19H20N6S2. The van der Waals surface area contributed by atoms with Gasteiger partial charge in [-0.1, -0.05) is 6.07 Å². The Bertz CT molecular complexity index is 1130. The topological polar surface area (TPSA) is 59.2 Å². The van der Waals surface area contributed by atoms with E-state index >= 15 is 0 Å². The molecule has 8 heteroatoms. The van der Waals surface area contributed by atoms with Gasteiger partial charge in [0.1, 0.15) is 15.7 Å². The van der Waals surface area contributed by atoms with Gasteiger partial charge in [-0.3, -0.25) is 9.30 Å². The molecule has 1 saturated heterocycles. The maximum absolute atomic E-state index is 4.96. The first-order valence-electron chi connectivity index (χ1n) is 9.15. The van der Waals surface area contributed by atoms with Crippen LogP contribution in [0.4, 0.5) is 0 Å². The van der Waals surface area contributed by atoms with Gasteiger partial charge in [0.15, 0.2) is 5.65 Å². The fraction of sp³-hybridized carbons (Fsp3) is 0.368. The van der Waals surface area contributed by atoms with Crippen molar-refractivity contribution in [2.75, 3.05) is 13.1 Å². The molecule has 5 heterocycles. The maximum Gasteiger partial charge on any atom is 0.201 e. The lowest BCUT2D eigenvalue weighted by Gasteiger charge is -2.14. The largest absolute Gasteiger partial charge is 0.296 e. The summed E-state index contributed by atoms with van der Waals surface area (Å²) < 4.78 is 2.01. The summed E-state index contributed by atoms with van der Waals surface area (Å²) in [7, 11) is 0. The molecule has 1 fully saturated rings. The van der Waals surface area contributed by atoms with Crippen molar-refractivity contribution < 1.29 is 0 Å². The summed E-state index contributed by atoms with van der Waals surface area (Å²) in [6.07, 6.45) is 4.53. The number of pyridine rings is 1. The maximum atomic E-state index is 4.96. The highest BCUT2D eigenvalue weighted by Crippen LogP contribution is 2.37. The van der Waals surface area contributed by atoms with Crippen LogP contribution in [0.15, 0.2) is 34.6 Å². The summed E-state index contributed by atoms with van der Waals surface area (Å²) in [6, 6.07) is 5.93. The Morgan fingerprint density at radius 3 is 2.81 bits per heavy atom. The number of aromatic nitrogens is 5. The third-order valence-corrected chi connectivity index (χ3v) is 7.13. The second-order valence-corrected chi connectivity index (χ2v) is 9.06. The normalized spacial score (nSPS) is 15.3. The number of thiophene rings is 1. The van der Waals surface area contributed by atoms with Gasteiger partial charge in [-0.05, 0) is 69.2 Å². The van der Waals surface area contributed by atoms with Crippen LogP contribution in [0.3, 0.4) is 0 Å². The first-order chi connectivity index (χ1) is 13.2. The van der Waals surface area contributed by atoms with Gasteiger partial charge < -0.3 is 0 Å². The van der Waals surface area contributed by atoms with Crippen LogP contribution < -0.4 is 0 Å². The van der Waals surface area contributed by atoms with Crippen LogP contribution in [-0.2, 0) is 6.54 Å². The Balaban J connectivity index is 1.60. The van der Waals surface area contributed by atoms with E-state index in [0.29, 0.717) is 0 Å². The highest BCUT2D eigenvalue weighted by molar-refractivity contribution is 7.99. The van der Waals surface area contributed by atoms with Crippen molar-refractivity contribution in [2.45, 2.75) is 43.4 Å². The van der Waals surface area contributed by atoms with E-state index in [0.717, 1.165) is 51.5 Å². The molecule has 0 aliphatic carbocycles. The Morgan fingerprint density at radius 2 is 1.96 bits per heavy atom. The minimum absolute atomic E-state index is 0.820. The fourth-order valence-electron chi connectivity index (χ4n) is 3.52. The predicted molar refractivity (Wildman–Crippen MR) is 109 cm³/mol. The van der Waals surface area contributed by atoms with Crippen LogP contribution in [0, 0.1) is 13.8 Å². The molecule has 0 spiro atoms. The second-order valence-electron chi connectivity index (χ2n) is 6.91. The van der Waals surface area contributed by atoms with Crippen molar-refractivity contribution in [2.24, 2.45) is 0 Å². The molecule has 5 rings (SSSR count). The molecule has 0 aromatic carbocycles. The summed E-state index contributed by atoms with van der Waals surface area (Å²) >= 11 is 3.33. The molecule has 0 saturated carbocycles. The van der Waals surface area contributed by atoms with E-state index in [2.05, 4.69) is 28.9 Å². The highest BCUT2D eigenvalue weighted by Gasteiger charge is 2.20. The minimum Gasteiger partial charge on any atom is -0.296 e. The Labute approximate surface area is 165 Å². The number of hydrogen-bond donors (Lipinski definition) is 0. The summed E-state index contributed by atoms with van der Waals surface area (Å²) in [4.78, 5) is 14.6. The monoisotopic (exact) mass is 396 g/mol. The van der Waals surface area contributed by atoms with Gasteiger partial charge in [0.2, 0.25) is 5.16 Å². The van der Waals surface area contributed by atoms with Crippen LogP contribution >= 0.6 is 23.1 Å². The molecule has 0 radical (unpaired) electrons. The third kappa shape index (κ3) is 3.11. The lowest BCUT2D eigenvalue weighted by atomic mass is 10.2. The average Bonchev–Trinajstić information content (AvgIpc) is 3.37. The van der Waals surface area contributed by atoms with Gasteiger partial charge in [0, 0.05) is 16.5 Å². The first-order valence-corrected chi connectivity index (χ1v) is 10.8. The SMILES string of the molecule is Cc1sc2nc(CN3CCCC3)nc(Sc3nnc4ccccn34)c2c1C. The summed E-state index contributed by atoms with van der Waals surface area (Å²) in [6.45, 7) is 7.41. The Kier molecular flexibility index (Phi) is 4.34. The molecule has 1 aliphatic rings. The standard InChI is InChI=1S/C19H20N6S2/c1-12-13(2)26-17-16(12)18(21-14(20-17)11-24-8-5-6-9-24)27-19-23-22-15-7-3-4-10-25(15)19/h3-4,7,10H,5-6,8-9,11H2,1-2H3. The van der Waals surface area contributed by atoms with E-state index in [1.165, 1.54) is 23.3 Å². The fourth-order valence-corrected chi connectivity index (χ4v) is 5.64. The zero-order valence-electron chi connectivity index (χ0n) is 15.3. The van der Waals surface area contributed by atoms with Crippen molar-refractivity contribution in [1.82, 2.24) is 29.5 Å². The molecule has 0 N–H and O–H groups in total. The molecule has 0 atom stereocenters. The number of nitrogens with zero attached hydrogens (tertiary/aromatic N) is 6. The number of likely N-dealkylation sites (tertiary alicyclic amines) is 1. The summed E-state index contributed by atoms with van der Waals surface area (Å²) in [5.41, 5.74) is 2.11. The van der Waals surface area contributed by atoms with Gasteiger partial charge in [0.05, 0.1) is 6.54 Å². The molecular weight excluding hydrogens is 376 g/mol. The van der Waals surface area contributed by atoms with Crippen LogP contribution in [0.1, 0.15) is 29.1 Å². The number of aryl methyl sites for hydroxylation is 2. The lowest BCUT2D eigenvalue weighted by molar-refractivity contribution is 0.322. The Morgan fingerprint density at radius 1 is 1.11 bits per heavy atom. The van der Waals surface area contributed by atoms with Crippen molar-refractivity contribution in [1.29, 1.82) is 0 Å². The van der Waals surface area contributed by atoms with Gasteiger partial charge in [-0.2, -0.15) is 0 Å². The van der Waals surface area contributed by atoms with Gasteiger partial charge in [-0.15, -0.1) is 21.5 Å². The molecule has 4 aromatic heterocycles. The van der Waals surface area contributed by atoms with Gasteiger partial charge >= 0.3 is 0 Å². The van der Waals surface area contributed by atoms with E-state index in [1.807, 2.05) is 28.8 Å². The molecule has 0 bridgehead atoms. The van der Waals surface area contributed by atoms with E-state index in [9.17, 15) is 0 Å². The van der Waals surface area contributed by atoms with Crippen molar-refractivity contribution in [3.05, 3.63) is 40.7 Å². The number of fused-ring (bicyclic) bond motifs is 2. The van der Waals surface area contributed by atoms with Crippen LogP contribution in [0.25, 0.3) is 15.9 Å². The van der Waals surface area contributed by atoms with E-state index in [4.69, 9.17) is 9.97 Å². The molecule has 27 heavy (non-hydrogen) atoms. The highest BCUT2D eigenvalue weighted by atomic mass is 32.2. The number of rotatable bonds is 4. The molecule has 6 nitrogen and oxygen atoms in total. The summed E-state index contributed by atoms with van der Waals surface area (Å²) in [5, 5.41) is 11.6. The van der Waals surface area contributed by atoms with E-state index in [-0.39, 0.29) is 0 Å². The molecule has 0 amide bonds. The quantitative estimate of drug-likeness (QED) is 0.484. The zero-order valence-corrected chi connectivity index (χ0v) is 17.0. The smallest absolute Gasteiger partial charge is 0.201 e. The second kappa shape index (κ2) is 6.85. The van der Waals surface area contributed by atoms with Gasteiger partial charge in [0.25, 0.3) is 0 Å². The number of hydrogen-bond acceptors (Lipinski definition) is 7. The van der Waals surface area contributed by atoms with Crippen molar-refractivity contribution >= 4 is 39.0 Å². The predicted octanol–water partition coefficient (Wildman–Crippen LogP) is 4.10. The molecule has 1 aliphatic heterocycles. The Hall–Kier alpha value is -2.03.